The van der Waals surface area contributed by atoms with Gasteiger partial charge in [0.15, 0.2) is 5.69 Å². The van der Waals surface area contributed by atoms with Gasteiger partial charge < -0.3 is 0 Å². The standard InChI is InChI=1S/C16H16N4S/c1-10(2)8-14-19-20-13(9-17)15(18-16(20)21-14)12-6-4-11(3)5-7-12/h4-7,10H,8H2,1-3H3. The van der Waals surface area contributed by atoms with E-state index in [-0.39, 0.29) is 0 Å². The van der Waals surface area contributed by atoms with Gasteiger partial charge in [-0.15, -0.1) is 0 Å². The molecule has 106 valence electrons. The number of imidazole rings is 1. The Bertz CT molecular complexity index is 818. The van der Waals surface area contributed by atoms with Crippen molar-refractivity contribution in [1.29, 1.82) is 5.26 Å². The van der Waals surface area contributed by atoms with Crippen LogP contribution in [0, 0.1) is 24.2 Å². The van der Waals surface area contributed by atoms with Crippen LogP contribution in [0.3, 0.4) is 0 Å². The maximum atomic E-state index is 9.47. The second-order valence-corrected chi connectivity index (χ2v) is 6.62. The summed E-state index contributed by atoms with van der Waals surface area (Å²) >= 11 is 1.56. The molecule has 0 atom stereocenters. The first-order valence-corrected chi connectivity index (χ1v) is 7.75. The molecule has 0 bridgehead atoms. The zero-order valence-electron chi connectivity index (χ0n) is 12.3. The van der Waals surface area contributed by atoms with Crippen LogP contribution in [0.2, 0.25) is 0 Å². The lowest BCUT2D eigenvalue weighted by Gasteiger charge is -1.99. The molecule has 0 unspecified atom stereocenters. The van der Waals surface area contributed by atoms with Crippen molar-refractivity contribution >= 4 is 16.3 Å². The Labute approximate surface area is 127 Å². The minimum absolute atomic E-state index is 0.514. The SMILES string of the molecule is Cc1ccc(-c2nc3sc(CC(C)C)nn3c2C#N)cc1. The van der Waals surface area contributed by atoms with Gasteiger partial charge in [-0.1, -0.05) is 55.0 Å². The number of aromatic nitrogens is 3. The predicted molar refractivity (Wildman–Crippen MR) is 84.3 cm³/mol. The summed E-state index contributed by atoms with van der Waals surface area (Å²) in [4.78, 5) is 5.40. The molecule has 0 saturated heterocycles. The largest absolute Gasteiger partial charge is 0.216 e. The molecule has 0 spiro atoms. The summed E-state index contributed by atoms with van der Waals surface area (Å²) in [6, 6.07) is 10.3. The monoisotopic (exact) mass is 296 g/mol. The van der Waals surface area contributed by atoms with Crippen molar-refractivity contribution in [2.45, 2.75) is 27.2 Å². The first-order valence-electron chi connectivity index (χ1n) is 6.94. The van der Waals surface area contributed by atoms with Crippen molar-refractivity contribution in [1.82, 2.24) is 14.6 Å². The molecule has 5 heteroatoms. The van der Waals surface area contributed by atoms with Crippen LogP contribution in [-0.2, 0) is 6.42 Å². The quantitative estimate of drug-likeness (QED) is 0.738. The lowest BCUT2D eigenvalue weighted by Crippen LogP contribution is -1.96. The van der Waals surface area contributed by atoms with E-state index in [1.54, 1.807) is 15.9 Å². The highest BCUT2D eigenvalue weighted by molar-refractivity contribution is 7.16. The van der Waals surface area contributed by atoms with Crippen molar-refractivity contribution < 1.29 is 0 Å². The summed E-state index contributed by atoms with van der Waals surface area (Å²) in [6.07, 6.45) is 0.915. The van der Waals surface area contributed by atoms with E-state index < -0.39 is 0 Å². The molecular weight excluding hydrogens is 280 g/mol. The van der Waals surface area contributed by atoms with Gasteiger partial charge >= 0.3 is 0 Å². The first-order chi connectivity index (χ1) is 10.1. The Kier molecular flexibility index (Phi) is 3.48. The van der Waals surface area contributed by atoms with Crippen LogP contribution in [-0.4, -0.2) is 14.6 Å². The molecule has 0 fully saturated rings. The fraction of sp³-hybridized carbons (Fsp3) is 0.312. The number of fused-ring (bicyclic) bond motifs is 1. The number of benzene rings is 1. The summed E-state index contributed by atoms with van der Waals surface area (Å²) in [5, 5.41) is 15.0. The lowest BCUT2D eigenvalue weighted by atomic mass is 10.1. The van der Waals surface area contributed by atoms with Gasteiger partial charge in [0.1, 0.15) is 16.8 Å². The predicted octanol–water partition coefficient (Wildman–Crippen LogP) is 3.84. The Morgan fingerprint density at radius 1 is 1.29 bits per heavy atom. The van der Waals surface area contributed by atoms with Gasteiger partial charge in [-0.2, -0.15) is 14.9 Å². The van der Waals surface area contributed by atoms with Crippen LogP contribution in [0.25, 0.3) is 16.2 Å². The Hall–Kier alpha value is -2.19. The van der Waals surface area contributed by atoms with Gasteiger partial charge in [-0.25, -0.2) is 4.98 Å². The number of hydrogen-bond donors (Lipinski definition) is 0. The zero-order valence-corrected chi connectivity index (χ0v) is 13.1. The Balaban J connectivity index is 2.10. The molecule has 0 radical (unpaired) electrons. The van der Waals surface area contributed by atoms with E-state index >= 15 is 0 Å². The second-order valence-electron chi connectivity index (χ2n) is 5.57. The van der Waals surface area contributed by atoms with Gasteiger partial charge in [-0.3, -0.25) is 0 Å². The number of aryl methyl sites for hydroxylation is 1. The van der Waals surface area contributed by atoms with Gasteiger partial charge in [0.25, 0.3) is 0 Å². The minimum atomic E-state index is 0.514. The summed E-state index contributed by atoms with van der Waals surface area (Å²) in [7, 11) is 0. The lowest BCUT2D eigenvalue weighted by molar-refractivity contribution is 0.636. The third-order valence-corrected chi connectivity index (χ3v) is 4.19. The summed E-state index contributed by atoms with van der Waals surface area (Å²) in [6.45, 7) is 6.36. The molecule has 0 aliphatic carbocycles. The van der Waals surface area contributed by atoms with Crippen LogP contribution >= 0.6 is 11.3 Å². The molecule has 0 N–H and O–H groups in total. The van der Waals surface area contributed by atoms with Gasteiger partial charge in [0.2, 0.25) is 4.96 Å². The Morgan fingerprint density at radius 2 is 2.00 bits per heavy atom. The molecular formula is C16H16N4S. The number of nitrogens with zero attached hydrogens (tertiary/aromatic N) is 4. The zero-order chi connectivity index (χ0) is 15.0. The van der Waals surface area contributed by atoms with Crippen LogP contribution < -0.4 is 0 Å². The van der Waals surface area contributed by atoms with Crippen molar-refractivity contribution in [2.24, 2.45) is 5.92 Å². The normalized spacial score (nSPS) is 11.2. The average molecular weight is 296 g/mol. The highest BCUT2D eigenvalue weighted by atomic mass is 32.1. The van der Waals surface area contributed by atoms with Gasteiger partial charge in [0.05, 0.1) is 0 Å². The molecule has 2 heterocycles. The highest BCUT2D eigenvalue weighted by Crippen LogP contribution is 2.27. The summed E-state index contributed by atoms with van der Waals surface area (Å²) in [5.74, 6) is 0.544. The molecule has 3 rings (SSSR count). The topological polar surface area (TPSA) is 54.0 Å². The molecule has 21 heavy (non-hydrogen) atoms. The van der Waals surface area contributed by atoms with Crippen molar-refractivity contribution in [3.63, 3.8) is 0 Å². The fourth-order valence-electron chi connectivity index (χ4n) is 2.23. The van der Waals surface area contributed by atoms with Crippen molar-refractivity contribution in [2.75, 3.05) is 0 Å². The molecule has 3 aromatic rings. The van der Waals surface area contributed by atoms with E-state index in [4.69, 9.17) is 0 Å². The van der Waals surface area contributed by atoms with Crippen LogP contribution in [0.15, 0.2) is 24.3 Å². The third kappa shape index (κ3) is 2.55. The molecule has 2 aromatic heterocycles. The van der Waals surface area contributed by atoms with Gasteiger partial charge in [-0.05, 0) is 12.8 Å². The van der Waals surface area contributed by atoms with E-state index in [9.17, 15) is 5.26 Å². The van der Waals surface area contributed by atoms with Crippen LogP contribution in [0.1, 0.15) is 30.1 Å². The minimum Gasteiger partial charge on any atom is -0.216 e. The smallest absolute Gasteiger partial charge is 0.214 e. The van der Waals surface area contributed by atoms with E-state index in [1.165, 1.54) is 5.56 Å². The van der Waals surface area contributed by atoms with Crippen molar-refractivity contribution in [3.05, 3.63) is 40.5 Å². The molecule has 0 amide bonds. The van der Waals surface area contributed by atoms with E-state index in [0.29, 0.717) is 17.3 Å². The molecule has 0 aliphatic rings. The molecule has 4 nitrogen and oxygen atoms in total. The van der Waals surface area contributed by atoms with E-state index in [1.807, 2.05) is 31.2 Å². The van der Waals surface area contributed by atoms with E-state index in [2.05, 4.69) is 30.0 Å². The molecule has 1 aromatic carbocycles. The first kappa shape index (κ1) is 13.8. The van der Waals surface area contributed by atoms with E-state index in [0.717, 1.165) is 22.0 Å². The fourth-order valence-corrected chi connectivity index (χ4v) is 3.34. The van der Waals surface area contributed by atoms with Crippen molar-refractivity contribution in [3.8, 4) is 17.3 Å². The average Bonchev–Trinajstić information content (AvgIpc) is 2.95. The van der Waals surface area contributed by atoms with Crippen LogP contribution in [0.5, 0.6) is 0 Å². The summed E-state index contributed by atoms with van der Waals surface area (Å²) < 4.78 is 1.68. The number of hydrogen-bond acceptors (Lipinski definition) is 4. The van der Waals surface area contributed by atoms with Gasteiger partial charge in [0, 0.05) is 12.0 Å². The van der Waals surface area contributed by atoms with Crippen LogP contribution in [0.4, 0.5) is 0 Å². The maximum absolute atomic E-state index is 9.47. The molecule has 0 aliphatic heterocycles. The third-order valence-electron chi connectivity index (χ3n) is 3.26. The molecule has 0 saturated carbocycles. The number of nitriles is 1. The maximum Gasteiger partial charge on any atom is 0.214 e. The second kappa shape index (κ2) is 5.30. The number of rotatable bonds is 3. The Morgan fingerprint density at radius 3 is 2.62 bits per heavy atom. The summed E-state index contributed by atoms with van der Waals surface area (Å²) in [5.41, 5.74) is 3.38. The highest BCUT2D eigenvalue weighted by Gasteiger charge is 2.18.